The molecule has 1 aliphatic rings. The largest absolute Gasteiger partial charge is 0.430 e. The predicted octanol–water partition coefficient (Wildman–Crippen LogP) is 9.81. The number of nitrogens with zero attached hydrogens (tertiary/aromatic N) is 1. The Bertz CT molecular complexity index is 676. The van der Waals surface area contributed by atoms with Crippen LogP contribution in [-0.2, 0) is 9.47 Å². The van der Waals surface area contributed by atoms with E-state index in [1.807, 2.05) is 146 Å². The highest BCUT2D eigenvalue weighted by Gasteiger charge is 2.41. The van der Waals surface area contributed by atoms with E-state index >= 15 is 0 Å². The molecular formula is C32H59NO3. The zero-order valence-corrected chi connectivity index (χ0v) is 26.3. The molecule has 0 bridgehead atoms. The molecule has 0 spiro atoms. The molecule has 0 radical (unpaired) electrons. The minimum absolute atomic E-state index is 0.0245. The number of benzene rings is 2. The van der Waals surface area contributed by atoms with E-state index in [0.717, 1.165) is 5.56 Å². The third kappa shape index (κ3) is 14.4. The summed E-state index contributed by atoms with van der Waals surface area (Å²) in [5.41, 5.74) is 1.60. The van der Waals surface area contributed by atoms with E-state index in [2.05, 4.69) is 11.8 Å². The normalized spacial score (nSPS) is 19.4. The molecule has 36 heavy (non-hydrogen) atoms. The Morgan fingerprint density at radius 1 is 0.694 bits per heavy atom. The molecule has 0 aromatic heterocycles. The molecule has 2 aromatic carbocycles. The van der Waals surface area contributed by atoms with E-state index in [4.69, 9.17) is 9.47 Å². The molecule has 4 heteroatoms. The van der Waals surface area contributed by atoms with Crippen LogP contribution in [0.3, 0.4) is 0 Å². The van der Waals surface area contributed by atoms with Gasteiger partial charge in [-0.2, -0.15) is 0 Å². The topological polar surface area (TPSA) is 38.8 Å². The molecule has 2 unspecified atom stereocenters. The summed E-state index contributed by atoms with van der Waals surface area (Å²) in [6, 6.07) is 19.1. The van der Waals surface area contributed by atoms with Gasteiger partial charge in [-0.25, -0.2) is 4.79 Å². The van der Waals surface area contributed by atoms with Gasteiger partial charge in [0.15, 0.2) is 0 Å². The van der Waals surface area contributed by atoms with Crippen LogP contribution < -0.4 is 0 Å². The first-order chi connectivity index (χ1) is 17.6. The number of carbonyl (C=O) groups is 1. The van der Waals surface area contributed by atoms with Gasteiger partial charge in [-0.05, 0) is 38.6 Å². The number of carbonyl (C=O) groups excluding carboxylic acids is 1. The highest BCUT2D eigenvalue weighted by molar-refractivity contribution is 5.89. The van der Waals surface area contributed by atoms with Gasteiger partial charge in [0.05, 0.1) is 17.7 Å². The molecule has 1 heterocycles. The van der Waals surface area contributed by atoms with Gasteiger partial charge in [-0.1, -0.05) is 132 Å². The number of likely N-dealkylation sites (N-methyl/N-ethyl adjacent to an activating group) is 1. The van der Waals surface area contributed by atoms with Gasteiger partial charge in [0.25, 0.3) is 0 Å². The fraction of sp³-hybridized carbons (Fsp3) is 0.594. The van der Waals surface area contributed by atoms with E-state index < -0.39 is 6.29 Å². The van der Waals surface area contributed by atoms with Crippen LogP contribution in [0.15, 0.2) is 60.7 Å². The van der Waals surface area contributed by atoms with Gasteiger partial charge in [0, 0.05) is 6.04 Å². The highest BCUT2D eigenvalue weighted by atomic mass is 16.7. The number of hydrogen-bond donors (Lipinski definition) is 0. The third-order valence-corrected chi connectivity index (χ3v) is 4.74. The average molecular weight is 506 g/mol. The Morgan fingerprint density at radius 2 is 1.08 bits per heavy atom. The molecule has 3 rings (SSSR count). The van der Waals surface area contributed by atoms with E-state index in [1.165, 1.54) is 0 Å². The first-order valence-corrected chi connectivity index (χ1v) is 14.3. The lowest BCUT2D eigenvalue weighted by Crippen LogP contribution is -2.53. The van der Waals surface area contributed by atoms with Crippen molar-refractivity contribution in [2.45, 2.75) is 121 Å². The summed E-state index contributed by atoms with van der Waals surface area (Å²) in [5, 5.41) is 0. The second-order valence-corrected chi connectivity index (χ2v) is 6.24. The van der Waals surface area contributed by atoms with E-state index in [-0.39, 0.29) is 24.2 Å². The van der Waals surface area contributed by atoms with Crippen molar-refractivity contribution in [2.24, 2.45) is 0 Å². The van der Waals surface area contributed by atoms with Crippen LogP contribution in [0.1, 0.15) is 119 Å². The standard InChI is InChI=1S/C20H23NO3.6C2H6/c1-14-15(2)23-20(24-19(22)17-12-8-5-9-13-17)18(21(14)3)16-10-6-4-7-11-16;6*1-2/h4-15,18,20H,1-3H3;6*1-2H3/t14?,15?,18-,20+;;;;;;/m0....../s1. The Balaban J connectivity index is -0.000000375. The van der Waals surface area contributed by atoms with Gasteiger partial charge in [0.2, 0.25) is 6.29 Å². The van der Waals surface area contributed by atoms with Crippen LogP contribution in [0.2, 0.25) is 0 Å². The Morgan fingerprint density at radius 3 is 1.50 bits per heavy atom. The monoisotopic (exact) mass is 505 g/mol. The first-order valence-electron chi connectivity index (χ1n) is 14.3. The molecule has 1 saturated heterocycles. The third-order valence-electron chi connectivity index (χ3n) is 4.74. The van der Waals surface area contributed by atoms with Crippen molar-refractivity contribution in [3.05, 3.63) is 71.8 Å². The summed E-state index contributed by atoms with van der Waals surface area (Å²) < 4.78 is 11.8. The predicted molar refractivity (Wildman–Crippen MR) is 161 cm³/mol. The van der Waals surface area contributed by atoms with Gasteiger partial charge in [0.1, 0.15) is 0 Å². The minimum atomic E-state index is -0.642. The number of hydrogen-bond acceptors (Lipinski definition) is 4. The molecule has 4 nitrogen and oxygen atoms in total. The van der Waals surface area contributed by atoms with Crippen molar-refractivity contribution in [1.29, 1.82) is 0 Å². The second-order valence-electron chi connectivity index (χ2n) is 6.24. The smallest absolute Gasteiger partial charge is 0.340 e. The summed E-state index contributed by atoms with van der Waals surface area (Å²) in [7, 11) is 2.05. The lowest BCUT2D eigenvalue weighted by molar-refractivity contribution is -0.223. The minimum Gasteiger partial charge on any atom is -0.430 e. The first kappa shape index (κ1) is 41.0. The number of ether oxygens (including phenoxy) is 2. The lowest BCUT2D eigenvalue weighted by atomic mass is 9.99. The summed E-state index contributed by atoms with van der Waals surface area (Å²) in [5.74, 6) is -0.364. The molecule has 1 aliphatic heterocycles. The maximum atomic E-state index is 12.5. The average Bonchev–Trinajstić information content (AvgIpc) is 2.99. The summed E-state index contributed by atoms with van der Waals surface area (Å²) in [6.45, 7) is 28.1. The van der Waals surface area contributed by atoms with Crippen LogP contribution in [0.5, 0.6) is 0 Å². The molecule has 0 saturated carbocycles. The van der Waals surface area contributed by atoms with Crippen molar-refractivity contribution in [2.75, 3.05) is 7.05 Å². The van der Waals surface area contributed by atoms with Crippen LogP contribution in [0, 0.1) is 0 Å². The lowest BCUT2D eigenvalue weighted by Gasteiger charge is -2.45. The van der Waals surface area contributed by atoms with Crippen molar-refractivity contribution in [1.82, 2.24) is 4.90 Å². The molecule has 0 aliphatic carbocycles. The fourth-order valence-corrected chi connectivity index (χ4v) is 3.06. The van der Waals surface area contributed by atoms with E-state index in [0.29, 0.717) is 5.56 Å². The Labute approximate surface area is 225 Å². The van der Waals surface area contributed by atoms with Gasteiger partial charge >= 0.3 is 5.97 Å². The molecule has 210 valence electrons. The Kier molecular flexibility index (Phi) is 33.1. The number of morpholine rings is 1. The van der Waals surface area contributed by atoms with Crippen molar-refractivity contribution >= 4 is 5.97 Å². The summed E-state index contributed by atoms with van der Waals surface area (Å²) >= 11 is 0. The van der Waals surface area contributed by atoms with E-state index in [9.17, 15) is 4.79 Å². The molecule has 0 amide bonds. The van der Waals surface area contributed by atoms with E-state index in [1.54, 1.807) is 12.1 Å². The van der Waals surface area contributed by atoms with Crippen LogP contribution in [-0.4, -0.2) is 36.4 Å². The highest BCUT2D eigenvalue weighted by Crippen LogP contribution is 2.34. The van der Waals surface area contributed by atoms with Gasteiger partial charge < -0.3 is 9.47 Å². The second kappa shape index (κ2) is 29.1. The maximum absolute atomic E-state index is 12.5. The van der Waals surface area contributed by atoms with Crippen LogP contribution in [0.25, 0.3) is 0 Å². The Hall–Kier alpha value is -2.17. The van der Waals surface area contributed by atoms with Gasteiger partial charge in [-0.3, -0.25) is 4.90 Å². The van der Waals surface area contributed by atoms with Crippen molar-refractivity contribution in [3.63, 3.8) is 0 Å². The molecule has 4 atom stereocenters. The molecule has 2 aromatic rings. The SMILES string of the molecule is CC.CC.CC.CC.CC.CC.CC1O[C@H](OC(=O)c2ccccc2)[C@H](c2ccccc2)N(C)C1C. The van der Waals surface area contributed by atoms with Crippen molar-refractivity contribution < 1.29 is 14.3 Å². The van der Waals surface area contributed by atoms with Crippen LogP contribution >= 0.6 is 0 Å². The molecular weight excluding hydrogens is 446 g/mol. The number of esters is 1. The zero-order chi connectivity index (χ0) is 29.1. The van der Waals surface area contributed by atoms with Crippen molar-refractivity contribution in [3.8, 4) is 0 Å². The molecule has 1 fully saturated rings. The zero-order valence-electron chi connectivity index (χ0n) is 26.3. The maximum Gasteiger partial charge on any atom is 0.340 e. The number of rotatable bonds is 3. The summed E-state index contributed by atoms with van der Waals surface area (Å²) in [6.07, 6.45) is -0.667. The molecule has 0 N–H and O–H groups in total. The quantitative estimate of drug-likeness (QED) is 0.389. The van der Waals surface area contributed by atoms with Crippen LogP contribution in [0.4, 0.5) is 0 Å². The summed E-state index contributed by atoms with van der Waals surface area (Å²) in [4.78, 5) is 14.7. The van der Waals surface area contributed by atoms with Gasteiger partial charge in [-0.15, -0.1) is 0 Å². The fourth-order valence-electron chi connectivity index (χ4n) is 3.06.